The molecule has 0 bridgehead atoms. The monoisotopic (exact) mass is 329 g/mol. The molecule has 2 heterocycles. The Hall–Kier alpha value is -1.46. The highest BCUT2D eigenvalue weighted by atomic mass is 32.2. The second-order valence-corrected chi connectivity index (χ2v) is 7.43. The van der Waals surface area contributed by atoms with Crippen LogP contribution in [0.15, 0.2) is 40.5 Å². The fraction of sp³-hybridized carbons (Fsp3) is 0.294. The van der Waals surface area contributed by atoms with Gasteiger partial charge in [-0.3, -0.25) is 4.98 Å². The van der Waals surface area contributed by atoms with Gasteiger partial charge in [0, 0.05) is 16.8 Å². The van der Waals surface area contributed by atoms with Gasteiger partial charge < -0.3 is 4.98 Å². The van der Waals surface area contributed by atoms with Crippen LogP contribution in [0.4, 0.5) is 0 Å². The first kappa shape index (κ1) is 15.4. The Balaban J connectivity index is 1.77. The minimum Gasteiger partial charge on any atom is -0.333 e. The third kappa shape index (κ3) is 3.31. The van der Waals surface area contributed by atoms with Crippen LogP contribution in [0.25, 0.3) is 11.0 Å². The molecule has 0 aliphatic heterocycles. The van der Waals surface area contributed by atoms with Gasteiger partial charge in [0.1, 0.15) is 0 Å². The van der Waals surface area contributed by atoms with Gasteiger partial charge in [-0.15, -0.1) is 11.8 Å². The van der Waals surface area contributed by atoms with Crippen LogP contribution in [0.3, 0.4) is 0 Å². The summed E-state index contributed by atoms with van der Waals surface area (Å²) in [5.74, 6) is 1.92. The molecule has 0 saturated heterocycles. The molecule has 114 valence electrons. The number of nitrogens with one attached hydrogen (secondary N) is 1. The lowest BCUT2D eigenvalue weighted by atomic mass is 10.2. The predicted molar refractivity (Wildman–Crippen MR) is 95.8 cm³/mol. The van der Waals surface area contributed by atoms with Crippen LogP contribution in [0.1, 0.15) is 23.7 Å². The van der Waals surface area contributed by atoms with E-state index in [0.29, 0.717) is 0 Å². The summed E-state index contributed by atoms with van der Waals surface area (Å²) < 4.78 is 0. The quantitative estimate of drug-likeness (QED) is 0.670. The van der Waals surface area contributed by atoms with Gasteiger partial charge in [0.15, 0.2) is 5.16 Å². The average molecular weight is 329 g/mol. The van der Waals surface area contributed by atoms with Gasteiger partial charge >= 0.3 is 0 Å². The molecule has 0 radical (unpaired) electrons. The Kier molecular flexibility index (Phi) is 4.74. The summed E-state index contributed by atoms with van der Waals surface area (Å²) in [5, 5.41) is 0.954. The fourth-order valence-corrected chi connectivity index (χ4v) is 4.03. The molecular weight excluding hydrogens is 310 g/mol. The maximum absolute atomic E-state index is 4.63. The van der Waals surface area contributed by atoms with E-state index in [1.54, 1.807) is 11.8 Å². The highest BCUT2D eigenvalue weighted by Crippen LogP contribution is 2.28. The number of nitrogens with zero attached hydrogens (tertiary/aromatic N) is 2. The van der Waals surface area contributed by atoms with Crippen LogP contribution in [0.2, 0.25) is 0 Å². The molecule has 0 spiro atoms. The molecule has 0 aliphatic rings. The SMILES string of the molecule is CCSc1ccnc(CSc2nc3ccc(C)cc3[nH]2)c1C. The van der Waals surface area contributed by atoms with Crippen LogP contribution in [-0.2, 0) is 5.75 Å². The molecule has 2 aromatic heterocycles. The van der Waals surface area contributed by atoms with Gasteiger partial charge in [0.2, 0.25) is 0 Å². The standard InChI is InChI=1S/C17H19N3S2/c1-4-21-16-7-8-18-15(12(16)3)10-22-17-19-13-6-5-11(2)9-14(13)20-17/h5-9H,4,10H2,1-3H3,(H,19,20). The predicted octanol–water partition coefficient (Wildman–Crippen LogP) is 4.98. The third-order valence-corrected chi connectivity index (χ3v) is 5.45. The molecule has 3 rings (SSSR count). The van der Waals surface area contributed by atoms with Crippen molar-refractivity contribution in [3.8, 4) is 0 Å². The number of thioether (sulfide) groups is 2. The van der Waals surface area contributed by atoms with Crippen molar-refractivity contribution >= 4 is 34.6 Å². The highest BCUT2D eigenvalue weighted by molar-refractivity contribution is 7.99. The number of H-pyrrole nitrogens is 1. The Morgan fingerprint density at radius 1 is 1.14 bits per heavy atom. The van der Waals surface area contributed by atoms with Crippen molar-refractivity contribution in [1.82, 2.24) is 15.0 Å². The molecule has 0 unspecified atom stereocenters. The van der Waals surface area contributed by atoms with E-state index >= 15 is 0 Å². The van der Waals surface area contributed by atoms with Crippen molar-refractivity contribution in [2.75, 3.05) is 5.75 Å². The van der Waals surface area contributed by atoms with Crippen LogP contribution in [-0.4, -0.2) is 20.7 Å². The first-order valence-corrected chi connectivity index (χ1v) is 9.31. The lowest BCUT2D eigenvalue weighted by molar-refractivity contribution is 1.05. The number of benzene rings is 1. The number of aromatic nitrogens is 3. The second kappa shape index (κ2) is 6.75. The lowest BCUT2D eigenvalue weighted by Crippen LogP contribution is -1.94. The lowest BCUT2D eigenvalue weighted by Gasteiger charge is -2.08. The maximum Gasteiger partial charge on any atom is 0.166 e. The van der Waals surface area contributed by atoms with Crippen molar-refractivity contribution in [3.05, 3.63) is 47.3 Å². The van der Waals surface area contributed by atoms with E-state index in [-0.39, 0.29) is 0 Å². The van der Waals surface area contributed by atoms with Crippen molar-refractivity contribution in [2.24, 2.45) is 0 Å². The number of fused-ring (bicyclic) bond motifs is 1. The van der Waals surface area contributed by atoms with E-state index in [2.05, 4.69) is 60.0 Å². The van der Waals surface area contributed by atoms with Crippen molar-refractivity contribution in [2.45, 2.75) is 36.6 Å². The van der Waals surface area contributed by atoms with Crippen LogP contribution < -0.4 is 0 Å². The van der Waals surface area contributed by atoms with Crippen molar-refractivity contribution < 1.29 is 0 Å². The molecule has 1 N–H and O–H groups in total. The average Bonchev–Trinajstić information content (AvgIpc) is 2.90. The van der Waals surface area contributed by atoms with E-state index in [4.69, 9.17) is 0 Å². The highest BCUT2D eigenvalue weighted by Gasteiger charge is 2.08. The number of rotatable bonds is 5. The molecule has 0 saturated carbocycles. The zero-order chi connectivity index (χ0) is 15.5. The largest absolute Gasteiger partial charge is 0.333 e. The van der Waals surface area contributed by atoms with E-state index in [0.717, 1.165) is 33.4 Å². The van der Waals surface area contributed by atoms with E-state index in [1.807, 2.05) is 18.0 Å². The van der Waals surface area contributed by atoms with Gasteiger partial charge in [-0.05, 0) is 48.9 Å². The van der Waals surface area contributed by atoms with E-state index in [1.165, 1.54) is 16.0 Å². The Bertz CT molecular complexity index is 796. The fourth-order valence-electron chi connectivity index (χ4n) is 2.32. The topological polar surface area (TPSA) is 41.6 Å². The number of aryl methyl sites for hydroxylation is 1. The summed E-state index contributed by atoms with van der Waals surface area (Å²) in [6, 6.07) is 8.39. The first-order valence-electron chi connectivity index (χ1n) is 7.34. The van der Waals surface area contributed by atoms with Crippen LogP contribution in [0.5, 0.6) is 0 Å². The number of hydrogen-bond acceptors (Lipinski definition) is 4. The third-order valence-electron chi connectivity index (χ3n) is 3.52. The van der Waals surface area contributed by atoms with Crippen molar-refractivity contribution in [3.63, 3.8) is 0 Å². The zero-order valence-corrected chi connectivity index (χ0v) is 14.6. The second-order valence-electron chi connectivity index (χ2n) is 5.17. The first-order chi connectivity index (χ1) is 10.7. The Labute approximate surface area is 139 Å². The molecule has 0 amide bonds. The maximum atomic E-state index is 4.63. The number of pyridine rings is 1. The number of hydrogen-bond donors (Lipinski definition) is 1. The molecule has 3 nitrogen and oxygen atoms in total. The Morgan fingerprint density at radius 3 is 2.82 bits per heavy atom. The zero-order valence-electron chi connectivity index (χ0n) is 13.0. The molecule has 0 atom stereocenters. The summed E-state index contributed by atoms with van der Waals surface area (Å²) >= 11 is 3.58. The van der Waals surface area contributed by atoms with Gasteiger partial charge in [-0.1, -0.05) is 24.8 Å². The van der Waals surface area contributed by atoms with Gasteiger partial charge in [0.05, 0.1) is 16.7 Å². The molecule has 0 fully saturated rings. The van der Waals surface area contributed by atoms with Gasteiger partial charge in [0.25, 0.3) is 0 Å². The van der Waals surface area contributed by atoms with E-state index in [9.17, 15) is 0 Å². The minimum atomic E-state index is 0.836. The molecule has 22 heavy (non-hydrogen) atoms. The van der Waals surface area contributed by atoms with Gasteiger partial charge in [-0.2, -0.15) is 0 Å². The summed E-state index contributed by atoms with van der Waals surface area (Å²) in [7, 11) is 0. The number of aromatic amines is 1. The molecular formula is C17H19N3S2. The molecule has 5 heteroatoms. The Morgan fingerprint density at radius 2 is 2.00 bits per heavy atom. The van der Waals surface area contributed by atoms with Gasteiger partial charge in [-0.25, -0.2) is 4.98 Å². The van der Waals surface area contributed by atoms with Crippen molar-refractivity contribution in [1.29, 1.82) is 0 Å². The number of imidazole rings is 1. The summed E-state index contributed by atoms with van der Waals surface area (Å²) in [4.78, 5) is 13.9. The van der Waals surface area contributed by atoms with Crippen LogP contribution >= 0.6 is 23.5 Å². The summed E-state index contributed by atoms with van der Waals surface area (Å²) in [6.07, 6.45) is 1.91. The van der Waals surface area contributed by atoms with Crippen LogP contribution in [0, 0.1) is 13.8 Å². The molecule has 0 aliphatic carbocycles. The molecule has 1 aromatic carbocycles. The summed E-state index contributed by atoms with van der Waals surface area (Å²) in [6.45, 7) is 6.43. The molecule has 3 aromatic rings. The summed E-state index contributed by atoms with van der Waals surface area (Å²) in [5.41, 5.74) is 5.79. The minimum absolute atomic E-state index is 0.836. The van der Waals surface area contributed by atoms with E-state index < -0.39 is 0 Å². The normalized spacial score (nSPS) is 11.2. The smallest absolute Gasteiger partial charge is 0.166 e.